The fraction of sp³-hybridized carbons (Fsp3) is 0.917. The van der Waals surface area contributed by atoms with E-state index in [1.165, 1.54) is 12.3 Å². The number of aliphatic hydroxyl groups is 4. The number of ether oxygens (including phenoxy) is 3. The summed E-state index contributed by atoms with van der Waals surface area (Å²) in [5.41, 5.74) is 0. The van der Waals surface area contributed by atoms with Crippen LogP contribution < -0.4 is 0 Å². The molecule has 1 unspecified atom stereocenters. The molecule has 8 atom stereocenters. The third-order valence-electron chi connectivity index (χ3n) is 8.02. The standard InChI is InChI=1S/C24H48O9Si2/c1-23(2,3)34(7,8)30-13-16-18(26)19(27)20(28)22(32-16)33-21-15(25)11-12-29-17(21)14-31-35(9,10)24(4,5)6/h11-12,15-22,25-28H,13-14H2,1-10H3/t15-,16-,17-,18+,19+,20-,21-,22?/m1/s1. The number of hydrogen-bond acceptors (Lipinski definition) is 9. The molecule has 1 fully saturated rings. The van der Waals surface area contributed by atoms with Crippen molar-refractivity contribution in [2.24, 2.45) is 0 Å². The summed E-state index contributed by atoms with van der Waals surface area (Å²) in [7, 11) is -4.24. The maximum Gasteiger partial charge on any atom is 0.192 e. The third-order valence-corrected chi connectivity index (χ3v) is 17.0. The maximum absolute atomic E-state index is 10.6. The molecule has 0 aromatic rings. The van der Waals surface area contributed by atoms with Gasteiger partial charge in [0.1, 0.15) is 42.7 Å². The molecule has 0 amide bonds. The lowest BCUT2D eigenvalue weighted by molar-refractivity contribution is -0.323. The molecule has 2 aliphatic rings. The van der Waals surface area contributed by atoms with Crippen LogP contribution in [-0.4, -0.2) is 99.3 Å². The van der Waals surface area contributed by atoms with Gasteiger partial charge >= 0.3 is 0 Å². The predicted molar refractivity (Wildman–Crippen MR) is 138 cm³/mol. The van der Waals surface area contributed by atoms with Crippen LogP contribution in [0.2, 0.25) is 36.3 Å². The molecule has 4 N–H and O–H groups in total. The lowest BCUT2D eigenvalue weighted by atomic mass is 9.99. The first-order chi connectivity index (χ1) is 15.8. The molecule has 0 spiro atoms. The van der Waals surface area contributed by atoms with Crippen LogP contribution in [0.15, 0.2) is 12.3 Å². The van der Waals surface area contributed by atoms with Crippen LogP contribution in [0, 0.1) is 0 Å². The Morgan fingerprint density at radius 1 is 0.743 bits per heavy atom. The summed E-state index contributed by atoms with van der Waals surface area (Å²) in [6, 6.07) is 0. The van der Waals surface area contributed by atoms with Gasteiger partial charge in [0.05, 0.1) is 19.5 Å². The first kappa shape index (κ1) is 30.9. The summed E-state index contributed by atoms with van der Waals surface area (Å²) in [5.74, 6) is 0. The number of aliphatic hydroxyl groups excluding tert-OH is 4. The van der Waals surface area contributed by atoms with E-state index in [0.29, 0.717) is 0 Å². The molecule has 2 heterocycles. The minimum absolute atomic E-state index is 0.00718. The molecule has 1 saturated heterocycles. The quantitative estimate of drug-likeness (QED) is 0.346. The molecule has 0 aromatic carbocycles. The highest BCUT2D eigenvalue weighted by Crippen LogP contribution is 2.38. The van der Waals surface area contributed by atoms with Gasteiger partial charge in [0.15, 0.2) is 22.9 Å². The number of rotatable bonds is 8. The van der Waals surface area contributed by atoms with Crippen molar-refractivity contribution in [3.63, 3.8) is 0 Å². The third kappa shape index (κ3) is 7.37. The van der Waals surface area contributed by atoms with Crippen molar-refractivity contribution < 1.29 is 43.5 Å². The van der Waals surface area contributed by atoms with Gasteiger partial charge in [0.2, 0.25) is 0 Å². The van der Waals surface area contributed by atoms with Gasteiger partial charge < -0.3 is 43.5 Å². The first-order valence-corrected chi connectivity index (χ1v) is 18.2. The van der Waals surface area contributed by atoms with E-state index >= 15 is 0 Å². The zero-order valence-corrected chi connectivity index (χ0v) is 25.0. The lowest BCUT2D eigenvalue weighted by Crippen LogP contribution is -2.62. The normalized spacial score (nSPS) is 35.1. The minimum Gasteiger partial charge on any atom is -0.493 e. The SMILES string of the molecule is CC(C)(C)[Si](C)(C)OC[C@H]1OC(O[C@@H]2[C@H](O)C=CO[C@@H]2CO[Si](C)(C)C(C)(C)C)[C@H](O)[C@@H](O)[C@H]1O. The molecular formula is C24H48O9Si2. The summed E-state index contributed by atoms with van der Waals surface area (Å²) >= 11 is 0. The Hall–Kier alpha value is -0.346. The predicted octanol–water partition coefficient (Wildman–Crippen LogP) is 2.50. The van der Waals surface area contributed by atoms with Gasteiger partial charge in [-0.3, -0.25) is 0 Å². The van der Waals surface area contributed by atoms with Crippen molar-refractivity contribution in [2.45, 2.75) is 127 Å². The Kier molecular flexibility index (Phi) is 9.86. The summed E-state index contributed by atoms with van der Waals surface area (Å²) in [5, 5.41) is 42.2. The van der Waals surface area contributed by atoms with Gasteiger partial charge in [-0.05, 0) is 42.3 Å². The summed E-state index contributed by atoms with van der Waals surface area (Å²) in [6.45, 7) is 21.3. The van der Waals surface area contributed by atoms with Crippen molar-refractivity contribution in [1.29, 1.82) is 0 Å². The van der Waals surface area contributed by atoms with Crippen molar-refractivity contribution in [2.75, 3.05) is 13.2 Å². The first-order valence-electron chi connectivity index (χ1n) is 12.4. The van der Waals surface area contributed by atoms with Gasteiger partial charge in [-0.2, -0.15) is 0 Å². The fourth-order valence-electron chi connectivity index (χ4n) is 3.27. The Morgan fingerprint density at radius 2 is 1.23 bits per heavy atom. The van der Waals surface area contributed by atoms with Gasteiger partial charge in [-0.15, -0.1) is 0 Å². The topological polar surface area (TPSA) is 127 Å². The summed E-state index contributed by atoms with van der Waals surface area (Å²) < 4.78 is 30.0. The molecule has 0 bridgehead atoms. The Bertz CT molecular complexity index is 717. The van der Waals surface area contributed by atoms with Gasteiger partial charge in [0.25, 0.3) is 0 Å². The average molecular weight is 537 g/mol. The second-order valence-electron chi connectivity index (χ2n) is 12.8. The zero-order chi connectivity index (χ0) is 27.0. The van der Waals surface area contributed by atoms with Crippen molar-refractivity contribution in [3.8, 4) is 0 Å². The Morgan fingerprint density at radius 3 is 1.71 bits per heavy atom. The van der Waals surface area contributed by atoms with E-state index in [4.69, 9.17) is 23.1 Å². The van der Waals surface area contributed by atoms with E-state index in [-0.39, 0.29) is 23.3 Å². The van der Waals surface area contributed by atoms with Gasteiger partial charge in [-0.25, -0.2) is 0 Å². The average Bonchev–Trinajstić information content (AvgIpc) is 2.71. The smallest absolute Gasteiger partial charge is 0.192 e. The molecule has 0 saturated carbocycles. The lowest BCUT2D eigenvalue weighted by Gasteiger charge is -2.45. The molecule has 2 aliphatic heterocycles. The highest BCUT2D eigenvalue weighted by molar-refractivity contribution is 6.74. The highest BCUT2D eigenvalue weighted by atomic mass is 28.4. The molecule has 0 aromatic heterocycles. The fourth-order valence-corrected chi connectivity index (χ4v) is 5.30. The van der Waals surface area contributed by atoms with Crippen molar-refractivity contribution >= 4 is 16.6 Å². The van der Waals surface area contributed by atoms with Crippen LogP contribution >= 0.6 is 0 Å². The van der Waals surface area contributed by atoms with Crippen LogP contribution in [0.5, 0.6) is 0 Å². The van der Waals surface area contributed by atoms with Crippen molar-refractivity contribution in [3.05, 3.63) is 12.3 Å². The largest absolute Gasteiger partial charge is 0.493 e. The Balaban J connectivity index is 2.13. The van der Waals surface area contributed by atoms with Crippen LogP contribution in [0.25, 0.3) is 0 Å². The van der Waals surface area contributed by atoms with E-state index in [1.807, 2.05) is 0 Å². The molecule has 2 rings (SSSR count). The van der Waals surface area contributed by atoms with Crippen LogP contribution in [0.1, 0.15) is 41.5 Å². The monoisotopic (exact) mass is 536 g/mol. The molecular weight excluding hydrogens is 488 g/mol. The Labute approximate surface area is 212 Å². The molecule has 11 heteroatoms. The van der Waals surface area contributed by atoms with Crippen LogP contribution in [0.4, 0.5) is 0 Å². The van der Waals surface area contributed by atoms with E-state index in [9.17, 15) is 20.4 Å². The van der Waals surface area contributed by atoms with E-state index < -0.39 is 65.7 Å². The van der Waals surface area contributed by atoms with E-state index in [2.05, 4.69) is 67.7 Å². The van der Waals surface area contributed by atoms with Gasteiger partial charge in [-0.1, -0.05) is 41.5 Å². The minimum atomic E-state index is -2.15. The van der Waals surface area contributed by atoms with Crippen LogP contribution in [-0.2, 0) is 23.1 Å². The second-order valence-corrected chi connectivity index (χ2v) is 22.4. The summed E-state index contributed by atoms with van der Waals surface area (Å²) in [4.78, 5) is 0. The molecule has 0 radical (unpaired) electrons. The summed E-state index contributed by atoms with van der Waals surface area (Å²) in [6.07, 6.45) is -6.30. The van der Waals surface area contributed by atoms with Gasteiger partial charge in [0, 0.05) is 0 Å². The van der Waals surface area contributed by atoms with Crippen LogP contribution in [0.3, 0.4) is 0 Å². The highest BCUT2D eigenvalue weighted by Gasteiger charge is 2.48. The molecule has 35 heavy (non-hydrogen) atoms. The van der Waals surface area contributed by atoms with Crippen molar-refractivity contribution in [1.82, 2.24) is 0 Å². The maximum atomic E-state index is 10.6. The molecule has 9 nitrogen and oxygen atoms in total. The zero-order valence-electron chi connectivity index (χ0n) is 23.0. The molecule has 206 valence electrons. The van der Waals surface area contributed by atoms with E-state index in [1.54, 1.807) is 0 Å². The molecule has 0 aliphatic carbocycles. The van der Waals surface area contributed by atoms with E-state index in [0.717, 1.165) is 0 Å². The second kappa shape index (κ2) is 11.2. The number of hydrogen-bond donors (Lipinski definition) is 4.